The molecule has 0 bridgehead atoms. The van der Waals surface area contributed by atoms with Crippen LogP contribution in [0, 0.1) is 0 Å². The summed E-state index contributed by atoms with van der Waals surface area (Å²) in [5, 5.41) is 7.58. The van der Waals surface area contributed by atoms with E-state index < -0.39 is 27.8 Å². The summed E-state index contributed by atoms with van der Waals surface area (Å²) in [4.78, 5) is 22.7. The molecular formula is C7H13NO4S. The number of aliphatic carboxylic acids is 1. The summed E-state index contributed by atoms with van der Waals surface area (Å²) in [6.45, 7) is 1.46. The molecule has 2 atom stereocenters. The first kappa shape index (κ1) is 12.1. The van der Waals surface area contributed by atoms with E-state index in [0.29, 0.717) is 0 Å². The molecule has 13 heavy (non-hydrogen) atoms. The number of hydrogen-bond donors (Lipinski definition) is 1. The van der Waals surface area contributed by atoms with Gasteiger partial charge in [0, 0.05) is 24.9 Å². The summed E-state index contributed by atoms with van der Waals surface area (Å²) in [6.07, 6.45) is 0. The van der Waals surface area contributed by atoms with Crippen LogP contribution in [0.1, 0.15) is 6.92 Å². The maximum atomic E-state index is 11.2. The minimum Gasteiger partial charge on any atom is -0.481 e. The molecule has 0 aliphatic rings. The quantitative estimate of drug-likeness (QED) is 0.661. The Hall–Kier alpha value is -0.910. The third kappa shape index (κ3) is 4.02. The highest BCUT2D eigenvalue weighted by Crippen LogP contribution is 1.99. The smallest absolute Gasteiger partial charge is 0.316 e. The fourth-order valence-corrected chi connectivity index (χ4v) is 1.65. The molecule has 0 radical (unpaired) electrons. The van der Waals surface area contributed by atoms with Crippen LogP contribution in [0.25, 0.3) is 0 Å². The lowest BCUT2D eigenvalue weighted by molar-refractivity contribution is -0.133. The standard InChI is InChI=1S/C7H13NO4S/c1-5(7(11)8(2)3)13(12)4-6(9)10/h5H,4H2,1-3H3,(H,9,10). The lowest BCUT2D eigenvalue weighted by Crippen LogP contribution is -2.36. The Morgan fingerprint density at radius 1 is 1.46 bits per heavy atom. The van der Waals surface area contributed by atoms with Gasteiger partial charge in [0.2, 0.25) is 5.91 Å². The Labute approximate surface area is 79.2 Å². The Bertz CT molecular complexity index is 239. The third-order valence-corrected chi connectivity index (χ3v) is 2.97. The fourth-order valence-electron chi connectivity index (χ4n) is 0.723. The summed E-state index contributed by atoms with van der Waals surface area (Å²) >= 11 is 0. The van der Waals surface area contributed by atoms with Gasteiger partial charge in [-0.3, -0.25) is 13.8 Å². The molecule has 0 saturated carbocycles. The molecule has 0 heterocycles. The minimum absolute atomic E-state index is 0.320. The van der Waals surface area contributed by atoms with Crippen molar-refractivity contribution in [3.63, 3.8) is 0 Å². The van der Waals surface area contributed by atoms with Crippen molar-refractivity contribution in [2.45, 2.75) is 12.2 Å². The van der Waals surface area contributed by atoms with Crippen LogP contribution in [0.5, 0.6) is 0 Å². The van der Waals surface area contributed by atoms with Crippen molar-refractivity contribution >= 4 is 22.7 Å². The number of hydrogen-bond acceptors (Lipinski definition) is 3. The summed E-state index contributed by atoms with van der Waals surface area (Å²) in [5.74, 6) is -1.96. The van der Waals surface area contributed by atoms with Crippen molar-refractivity contribution in [3.05, 3.63) is 0 Å². The van der Waals surface area contributed by atoms with Crippen LogP contribution < -0.4 is 0 Å². The van der Waals surface area contributed by atoms with Gasteiger partial charge in [0.15, 0.2) is 0 Å². The van der Waals surface area contributed by atoms with Crippen molar-refractivity contribution < 1.29 is 18.9 Å². The number of nitrogens with zero attached hydrogens (tertiary/aromatic N) is 1. The van der Waals surface area contributed by atoms with Gasteiger partial charge in [-0.05, 0) is 6.92 Å². The van der Waals surface area contributed by atoms with E-state index in [1.165, 1.54) is 25.9 Å². The normalized spacial score (nSPS) is 14.7. The van der Waals surface area contributed by atoms with Gasteiger partial charge in [-0.25, -0.2) is 0 Å². The van der Waals surface area contributed by atoms with Gasteiger partial charge in [0.05, 0.1) is 0 Å². The number of carbonyl (C=O) groups is 2. The Balaban J connectivity index is 4.26. The highest BCUT2D eigenvalue weighted by Gasteiger charge is 2.22. The summed E-state index contributed by atoms with van der Waals surface area (Å²) in [7, 11) is 1.44. The SMILES string of the molecule is CC(C(=O)N(C)C)S(=O)CC(=O)O. The molecule has 1 amide bonds. The number of amides is 1. The van der Waals surface area contributed by atoms with Gasteiger partial charge in [-0.15, -0.1) is 0 Å². The monoisotopic (exact) mass is 207 g/mol. The molecule has 5 nitrogen and oxygen atoms in total. The highest BCUT2D eigenvalue weighted by atomic mass is 32.2. The molecule has 0 aromatic heterocycles. The fraction of sp³-hybridized carbons (Fsp3) is 0.714. The second-order valence-corrected chi connectivity index (χ2v) is 4.55. The van der Waals surface area contributed by atoms with E-state index >= 15 is 0 Å². The van der Waals surface area contributed by atoms with Crippen molar-refractivity contribution in [2.75, 3.05) is 19.8 Å². The van der Waals surface area contributed by atoms with Crippen LogP contribution >= 0.6 is 0 Å². The van der Waals surface area contributed by atoms with E-state index in [1.807, 2.05) is 0 Å². The molecule has 0 spiro atoms. The van der Waals surface area contributed by atoms with E-state index in [4.69, 9.17) is 5.11 Å². The predicted octanol–water partition coefficient (Wildman–Crippen LogP) is -0.704. The van der Waals surface area contributed by atoms with Crippen LogP contribution in [0.3, 0.4) is 0 Å². The average molecular weight is 207 g/mol. The van der Waals surface area contributed by atoms with Crippen molar-refractivity contribution in [3.8, 4) is 0 Å². The predicted molar refractivity (Wildman–Crippen MR) is 48.8 cm³/mol. The maximum Gasteiger partial charge on any atom is 0.316 e. The molecule has 0 rings (SSSR count). The molecule has 0 aromatic carbocycles. The summed E-state index contributed by atoms with van der Waals surface area (Å²) in [6, 6.07) is 0. The first-order chi connectivity index (χ1) is 5.86. The zero-order valence-corrected chi connectivity index (χ0v) is 8.63. The lowest BCUT2D eigenvalue weighted by atomic mass is 10.4. The van der Waals surface area contributed by atoms with Gasteiger partial charge in [-0.1, -0.05) is 0 Å². The van der Waals surface area contributed by atoms with Crippen molar-refractivity contribution in [1.29, 1.82) is 0 Å². The molecule has 0 aromatic rings. The van der Waals surface area contributed by atoms with Crippen molar-refractivity contribution in [1.82, 2.24) is 4.90 Å². The van der Waals surface area contributed by atoms with Crippen LogP contribution in [-0.4, -0.2) is 51.2 Å². The Morgan fingerprint density at radius 2 is 1.92 bits per heavy atom. The number of carboxylic acid groups (broad SMARTS) is 1. The van der Waals surface area contributed by atoms with E-state index in [2.05, 4.69) is 0 Å². The number of carbonyl (C=O) groups excluding carboxylic acids is 1. The first-order valence-corrected chi connectivity index (χ1v) is 5.04. The second kappa shape index (κ2) is 4.96. The zero-order chi connectivity index (χ0) is 10.6. The zero-order valence-electron chi connectivity index (χ0n) is 7.81. The molecule has 76 valence electrons. The molecule has 0 aliphatic heterocycles. The number of rotatable bonds is 4. The van der Waals surface area contributed by atoms with Gasteiger partial charge in [0.1, 0.15) is 11.0 Å². The Kier molecular flexibility index (Phi) is 4.61. The second-order valence-electron chi connectivity index (χ2n) is 2.79. The molecule has 0 aliphatic carbocycles. The molecule has 0 saturated heterocycles. The Morgan fingerprint density at radius 3 is 2.23 bits per heavy atom. The largest absolute Gasteiger partial charge is 0.481 e. The van der Waals surface area contributed by atoms with E-state index in [9.17, 15) is 13.8 Å². The maximum absolute atomic E-state index is 11.2. The van der Waals surface area contributed by atoms with Crippen LogP contribution in [0.2, 0.25) is 0 Å². The van der Waals surface area contributed by atoms with E-state index in [1.54, 1.807) is 0 Å². The highest BCUT2D eigenvalue weighted by molar-refractivity contribution is 7.87. The van der Waals surface area contributed by atoms with Crippen LogP contribution in [0.4, 0.5) is 0 Å². The van der Waals surface area contributed by atoms with Crippen molar-refractivity contribution in [2.24, 2.45) is 0 Å². The van der Waals surface area contributed by atoms with Gasteiger partial charge in [0.25, 0.3) is 0 Å². The number of carboxylic acids is 1. The van der Waals surface area contributed by atoms with E-state index in [0.717, 1.165) is 0 Å². The first-order valence-electron chi connectivity index (χ1n) is 3.66. The topological polar surface area (TPSA) is 74.7 Å². The lowest BCUT2D eigenvalue weighted by Gasteiger charge is -2.15. The van der Waals surface area contributed by atoms with Crippen LogP contribution in [0.15, 0.2) is 0 Å². The molecule has 0 fully saturated rings. The minimum atomic E-state index is -1.64. The van der Waals surface area contributed by atoms with Gasteiger partial charge < -0.3 is 10.0 Å². The average Bonchev–Trinajstić information content (AvgIpc) is 2.00. The third-order valence-electron chi connectivity index (χ3n) is 1.45. The van der Waals surface area contributed by atoms with Gasteiger partial charge >= 0.3 is 5.97 Å². The molecule has 2 unspecified atom stereocenters. The molecule has 6 heteroatoms. The summed E-state index contributed by atoms with van der Waals surface area (Å²) < 4.78 is 11.2. The molecular weight excluding hydrogens is 194 g/mol. The van der Waals surface area contributed by atoms with Gasteiger partial charge in [-0.2, -0.15) is 0 Å². The summed E-state index contributed by atoms with van der Waals surface area (Å²) in [5.41, 5.74) is 0. The molecule has 1 N–H and O–H groups in total. The van der Waals surface area contributed by atoms with E-state index in [-0.39, 0.29) is 5.91 Å². The van der Waals surface area contributed by atoms with Crippen LogP contribution in [-0.2, 0) is 20.4 Å².